The summed E-state index contributed by atoms with van der Waals surface area (Å²) in [7, 11) is 1.57. The molecule has 0 bridgehead atoms. The molecule has 2 aliphatic heterocycles. The van der Waals surface area contributed by atoms with Crippen LogP contribution in [-0.2, 0) is 9.53 Å². The minimum absolute atomic E-state index is 0. The molecule has 8 heteroatoms. The molecule has 144 valence electrons. The van der Waals surface area contributed by atoms with E-state index in [4.69, 9.17) is 10.5 Å². The molecule has 1 amide bonds. The lowest BCUT2D eigenvalue weighted by molar-refractivity contribution is -0.135. The van der Waals surface area contributed by atoms with Crippen molar-refractivity contribution in [2.24, 2.45) is 5.73 Å². The standard InChI is InChI=1S/C16H32N4O2.2ClH/c1-13-4-5-14(2)20(13)11-8-18-6-9-19(10-7-18)16(21)15(17)12-22-3;;/h13-15H,4-12,17H2,1-3H3;2*1H. The Labute approximate surface area is 158 Å². The number of ether oxygens (including phenoxy) is 1. The Morgan fingerprint density at radius 3 is 2.12 bits per heavy atom. The number of halogens is 2. The molecule has 0 aromatic carbocycles. The van der Waals surface area contributed by atoms with Crippen molar-refractivity contribution in [3.05, 3.63) is 0 Å². The fourth-order valence-corrected chi connectivity index (χ4v) is 3.62. The first-order chi connectivity index (χ1) is 10.5. The molecule has 3 atom stereocenters. The minimum atomic E-state index is -0.525. The maximum Gasteiger partial charge on any atom is 0.241 e. The van der Waals surface area contributed by atoms with E-state index in [1.165, 1.54) is 12.8 Å². The molecule has 0 aromatic rings. The number of carbonyl (C=O) groups is 1. The highest BCUT2D eigenvalue weighted by molar-refractivity contribution is 5.85. The van der Waals surface area contributed by atoms with E-state index in [1.807, 2.05) is 4.90 Å². The zero-order valence-corrected chi connectivity index (χ0v) is 16.8. The van der Waals surface area contributed by atoms with Crippen LogP contribution in [0, 0.1) is 0 Å². The number of hydrogen-bond acceptors (Lipinski definition) is 5. The molecule has 3 unspecified atom stereocenters. The van der Waals surface area contributed by atoms with Crippen molar-refractivity contribution >= 4 is 30.7 Å². The van der Waals surface area contributed by atoms with Crippen molar-refractivity contribution in [2.75, 3.05) is 53.0 Å². The average Bonchev–Trinajstić information content (AvgIpc) is 2.84. The monoisotopic (exact) mass is 384 g/mol. The van der Waals surface area contributed by atoms with Gasteiger partial charge in [0, 0.05) is 58.5 Å². The number of rotatable bonds is 6. The Kier molecular flexibility index (Phi) is 11.4. The van der Waals surface area contributed by atoms with Crippen molar-refractivity contribution in [3.63, 3.8) is 0 Å². The number of amides is 1. The Bertz CT molecular complexity index is 358. The third-order valence-corrected chi connectivity index (χ3v) is 5.16. The highest BCUT2D eigenvalue weighted by Gasteiger charge is 2.29. The lowest BCUT2D eigenvalue weighted by Gasteiger charge is -2.37. The smallest absolute Gasteiger partial charge is 0.241 e. The van der Waals surface area contributed by atoms with Crippen LogP contribution >= 0.6 is 24.8 Å². The first-order valence-corrected chi connectivity index (χ1v) is 8.54. The third-order valence-electron chi connectivity index (χ3n) is 5.16. The summed E-state index contributed by atoms with van der Waals surface area (Å²) < 4.78 is 4.96. The molecular formula is C16H34Cl2N4O2. The van der Waals surface area contributed by atoms with Crippen LogP contribution in [-0.4, -0.2) is 91.7 Å². The second kappa shape index (κ2) is 11.5. The molecule has 0 saturated carbocycles. The van der Waals surface area contributed by atoms with Crippen LogP contribution in [0.5, 0.6) is 0 Å². The second-order valence-electron chi connectivity index (χ2n) is 6.74. The largest absolute Gasteiger partial charge is 0.383 e. The van der Waals surface area contributed by atoms with Crippen LogP contribution in [0.25, 0.3) is 0 Å². The summed E-state index contributed by atoms with van der Waals surface area (Å²) >= 11 is 0. The molecule has 0 aromatic heterocycles. The van der Waals surface area contributed by atoms with Crippen molar-refractivity contribution in [2.45, 2.75) is 44.8 Å². The van der Waals surface area contributed by atoms with E-state index in [9.17, 15) is 4.79 Å². The quantitative estimate of drug-likeness (QED) is 0.734. The number of piperazine rings is 1. The van der Waals surface area contributed by atoms with Gasteiger partial charge >= 0.3 is 0 Å². The molecule has 0 radical (unpaired) electrons. The van der Waals surface area contributed by atoms with Gasteiger partial charge in [-0.05, 0) is 26.7 Å². The molecule has 2 fully saturated rings. The highest BCUT2D eigenvalue weighted by Crippen LogP contribution is 2.22. The molecule has 2 heterocycles. The normalized spacial score (nSPS) is 26.6. The lowest BCUT2D eigenvalue weighted by Crippen LogP contribution is -2.55. The zero-order valence-electron chi connectivity index (χ0n) is 15.1. The molecule has 0 aliphatic carbocycles. The predicted octanol–water partition coefficient (Wildman–Crippen LogP) is 0.821. The lowest BCUT2D eigenvalue weighted by atomic mass is 10.2. The Morgan fingerprint density at radius 1 is 1.08 bits per heavy atom. The first kappa shape index (κ1) is 23.9. The Hall–Kier alpha value is -0.110. The van der Waals surface area contributed by atoms with Crippen molar-refractivity contribution in [3.8, 4) is 0 Å². The molecule has 0 spiro atoms. The molecule has 24 heavy (non-hydrogen) atoms. The second-order valence-corrected chi connectivity index (χ2v) is 6.74. The maximum absolute atomic E-state index is 12.1. The SMILES string of the molecule is COCC(N)C(=O)N1CCN(CCN2C(C)CCC2C)CC1.Cl.Cl. The van der Waals surface area contributed by atoms with Gasteiger partial charge in [0.1, 0.15) is 6.04 Å². The Morgan fingerprint density at radius 2 is 1.62 bits per heavy atom. The topological polar surface area (TPSA) is 62.0 Å². The summed E-state index contributed by atoms with van der Waals surface area (Å²) in [6.07, 6.45) is 2.64. The number of carbonyl (C=O) groups excluding carboxylic acids is 1. The molecule has 2 aliphatic rings. The highest BCUT2D eigenvalue weighted by atomic mass is 35.5. The maximum atomic E-state index is 12.1. The van der Waals surface area contributed by atoms with Gasteiger partial charge in [-0.3, -0.25) is 14.6 Å². The van der Waals surface area contributed by atoms with Crippen molar-refractivity contribution in [1.29, 1.82) is 0 Å². The summed E-state index contributed by atoms with van der Waals surface area (Å²) in [4.78, 5) is 19.1. The van der Waals surface area contributed by atoms with Gasteiger partial charge in [0.25, 0.3) is 0 Å². The fraction of sp³-hybridized carbons (Fsp3) is 0.938. The summed E-state index contributed by atoms with van der Waals surface area (Å²) in [5.74, 6) is 0.0169. The van der Waals surface area contributed by atoms with Gasteiger partial charge in [0.15, 0.2) is 0 Å². The molecule has 2 N–H and O–H groups in total. The van der Waals surface area contributed by atoms with Crippen LogP contribution in [0.4, 0.5) is 0 Å². The van der Waals surface area contributed by atoms with E-state index in [0.717, 1.165) is 39.3 Å². The first-order valence-electron chi connectivity index (χ1n) is 8.54. The molecular weight excluding hydrogens is 351 g/mol. The number of methoxy groups -OCH3 is 1. The van der Waals surface area contributed by atoms with Gasteiger partial charge in [-0.15, -0.1) is 24.8 Å². The van der Waals surface area contributed by atoms with E-state index in [-0.39, 0.29) is 30.7 Å². The van der Waals surface area contributed by atoms with Gasteiger partial charge in [-0.25, -0.2) is 0 Å². The summed E-state index contributed by atoms with van der Waals surface area (Å²) in [6, 6.07) is 0.901. The fourth-order valence-electron chi connectivity index (χ4n) is 3.62. The van der Waals surface area contributed by atoms with E-state index in [1.54, 1.807) is 7.11 Å². The van der Waals surface area contributed by atoms with Gasteiger partial charge in [0.05, 0.1) is 6.61 Å². The summed E-state index contributed by atoms with van der Waals surface area (Å²) in [5, 5.41) is 0. The van der Waals surface area contributed by atoms with Crippen molar-refractivity contribution < 1.29 is 9.53 Å². The van der Waals surface area contributed by atoms with Crippen molar-refractivity contribution in [1.82, 2.24) is 14.7 Å². The minimum Gasteiger partial charge on any atom is -0.383 e. The van der Waals surface area contributed by atoms with E-state index in [2.05, 4.69) is 23.6 Å². The van der Waals surface area contributed by atoms with Gasteiger partial charge in [0.2, 0.25) is 5.91 Å². The van der Waals surface area contributed by atoms with Gasteiger partial charge in [-0.2, -0.15) is 0 Å². The molecule has 6 nitrogen and oxygen atoms in total. The van der Waals surface area contributed by atoms with Crippen LogP contribution < -0.4 is 5.73 Å². The van der Waals surface area contributed by atoms with E-state index in [0.29, 0.717) is 18.7 Å². The summed E-state index contributed by atoms with van der Waals surface area (Å²) in [6.45, 7) is 10.6. The average molecular weight is 385 g/mol. The van der Waals surface area contributed by atoms with Crippen LogP contribution in [0.1, 0.15) is 26.7 Å². The summed E-state index contributed by atoms with van der Waals surface area (Å²) in [5.41, 5.74) is 5.83. The molecule has 2 saturated heterocycles. The number of nitrogens with two attached hydrogens (primary N) is 1. The van der Waals surface area contributed by atoms with Gasteiger partial charge < -0.3 is 15.4 Å². The van der Waals surface area contributed by atoms with Crippen LogP contribution in [0.2, 0.25) is 0 Å². The van der Waals surface area contributed by atoms with Crippen LogP contribution in [0.15, 0.2) is 0 Å². The van der Waals surface area contributed by atoms with E-state index >= 15 is 0 Å². The number of nitrogens with zero attached hydrogens (tertiary/aromatic N) is 3. The predicted molar refractivity (Wildman–Crippen MR) is 102 cm³/mol. The number of hydrogen-bond donors (Lipinski definition) is 1. The number of likely N-dealkylation sites (tertiary alicyclic amines) is 1. The van der Waals surface area contributed by atoms with Gasteiger partial charge in [-0.1, -0.05) is 0 Å². The zero-order chi connectivity index (χ0) is 16.1. The van der Waals surface area contributed by atoms with Crippen LogP contribution in [0.3, 0.4) is 0 Å². The molecule has 2 rings (SSSR count). The Balaban J connectivity index is 0.00000264. The third kappa shape index (κ3) is 6.32. The van der Waals surface area contributed by atoms with E-state index < -0.39 is 6.04 Å².